The summed E-state index contributed by atoms with van der Waals surface area (Å²) in [4.78, 5) is 14.6. The number of nitrogens with zero attached hydrogens (tertiary/aromatic N) is 1. The van der Waals surface area contributed by atoms with Crippen LogP contribution in [0.15, 0.2) is 0 Å². The molecule has 0 saturated carbocycles. The van der Waals surface area contributed by atoms with Crippen LogP contribution in [0.1, 0.15) is 59.8 Å². The first-order valence-corrected chi connectivity index (χ1v) is 8.97. The van der Waals surface area contributed by atoms with Gasteiger partial charge in [-0.25, -0.2) is 0 Å². The fourth-order valence-electron chi connectivity index (χ4n) is 2.77. The maximum absolute atomic E-state index is 12.5. The molecular weight excluding hydrogens is 256 g/mol. The van der Waals surface area contributed by atoms with Crippen molar-refractivity contribution < 1.29 is 4.79 Å². The minimum atomic E-state index is 0.0582. The number of nitrogens with one attached hydrogen (secondary N) is 1. The Labute approximate surface area is 122 Å². The zero-order valence-corrected chi connectivity index (χ0v) is 13.8. The Bertz CT molecular complexity index is 273. The van der Waals surface area contributed by atoms with Gasteiger partial charge in [0.1, 0.15) is 0 Å². The van der Waals surface area contributed by atoms with Crippen molar-refractivity contribution in [2.75, 3.05) is 11.5 Å². The second kappa shape index (κ2) is 8.85. The van der Waals surface area contributed by atoms with Crippen LogP contribution in [0.5, 0.6) is 0 Å². The van der Waals surface area contributed by atoms with Gasteiger partial charge in [-0.15, -0.1) is 0 Å². The van der Waals surface area contributed by atoms with E-state index in [9.17, 15) is 4.79 Å². The molecule has 0 spiro atoms. The zero-order chi connectivity index (χ0) is 14.3. The van der Waals surface area contributed by atoms with Gasteiger partial charge in [0.25, 0.3) is 0 Å². The Morgan fingerprint density at radius 2 is 1.95 bits per heavy atom. The number of amides is 1. The predicted molar refractivity (Wildman–Crippen MR) is 84.5 cm³/mol. The minimum Gasteiger partial charge on any atom is -0.323 e. The predicted octanol–water partition coefficient (Wildman–Crippen LogP) is 3.24. The summed E-state index contributed by atoms with van der Waals surface area (Å²) >= 11 is 1.96. The van der Waals surface area contributed by atoms with Gasteiger partial charge in [-0.05, 0) is 37.7 Å². The first kappa shape index (κ1) is 16.8. The molecule has 112 valence electrons. The van der Waals surface area contributed by atoms with Gasteiger partial charge >= 0.3 is 0 Å². The maximum Gasteiger partial charge on any atom is 0.241 e. The highest BCUT2D eigenvalue weighted by Crippen LogP contribution is 2.23. The van der Waals surface area contributed by atoms with Crippen LogP contribution in [0.4, 0.5) is 0 Å². The number of carbonyl (C=O) groups excluding carboxylic acids is 1. The fraction of sp³-hybridized carbons (Fsp3) is 0.933. The van der Waals surface area contributed by atoms with E-state index in [0.29, 0.717) is 11.9 Å². The Morgan fingerprint density at radius 1 is 1.26 bits per heavy atom. The molecule has 0 aliphatic carbocycles. The van der Waals surface area contributed by atoms with E-state index < -0.39 is 0 Å². The molecular formula is C15H30N2OS. The number of rotatable bonds is 9. The van der Waals surface area contributed by atoms with Crippen molar-refractivity contribution in [3.8, 4) is 0 Å². The van der Waals surface area contributed by atoms with E-state index in [1.54, 1.807) is 0 Å². The quantitative estimate of drug-likeness (QED) is 0.660. The largest absolute Gasteiger partial charge is 0.323 e. The molecule has 1 fully saturated rings. The average molecular weight is 286 g/mol. The van der Waals surface area contributed by atoms with Crippen molar-refractivity contribution in [3.63, 3.8) is 0 Å². The third-order valence-corrected chi connectivity index (χ3v) is 4.71. The van der Waals surface area contributed by atoms with E-state index in [1.165, 1.54) is 0 Å². The van der Waals surface area contributed by atoms with Crippen molar-refractivity contribution in [1.82, 2.24) is 10.2 Å². The maximum atomic E-state index is 12.5. The Balaban J connectivity index is 2.61. The Morgan fingerprint density at radius 3 is 2.53 bits per heavy atom. The fourth-order valence-corrected chi connectivity index (χ4v) is 3.57. The lowest BCUT2D eigenvalue weighted by Crippen LogP contribution is -2.43. The lowest BCUT2D eigenvalue weighted by molar-refractivity contribution is -0.132. The molecule has 3 unspecified atom stereocenters. The summed E-state index contributed by atoms with van der Waals surface area (Å²) in [5, 5.41) is 3.53. The molecule has 4 heteroatoms. The number of hydrogen-bond acceptors (Lipinski definition) is 3. The van der Waals surface area contributed by atoms with Crippen LogP contribution in [0.3, 0.4) is 0 Å². The molecule has 0 aromatic rings. The molecule has 0 aromatic heterocycles. The summed E-state index contributed by atoms with van der Waals surface area (Å²) in [6.07, 6.45) is 5.58. The van der Waals surface area contributed by atoms with Gasteiger partial charge in [0, 0.05) is 6.04 Å². The second-order valence-corrected chi connectivity index (χ2v) is 6.79. The van der Waals surface area contributed by atoms with Crippen LogP contribution in [-0.4, -0.2) is 40.6 Å². The molecule has 1 aliphatic heterocycles. The van der Waals surface area contributed by atoms with Crippen LogP contribution in [0, 0.1) is 0 Å². The smallest absolute Gasteiger partial charge is 0.241 e. The molecule has 3 nitrogen and oxygen atoms in total. The molecule has 19 heavy (non-hydrogen) atoms. The summed E-state index contributed by atoms with van der Waals surface area (Å²) in [5.41, 5.74) is 0. The third kappa shape index (κ3) is 4.67. The van der Waals surface area contributed by atoms with Crippen LogP contribution < -0.4 is 5.32 Å². The van der Waals surface area contributed by atoms with E-state index in [1.807, 2.05) is 11.8 Å². The third-order valence-electron chi connectivity index (χ3n) is 3.78. The number of hydrogen-bond donors (Lipinski definition) is 1. The van der Waals surface area contributed by atoms with E-state index in [-0.39, 0.29) is 12.2 Å². The average Bonchev–Trinajstić information content (AvgIpc) is 2.67. The van der Waals surface area contributed by atoms with Gasteiger partial charge in [-0.3, -0.25) is 10.1 Å². The number of carbonyl (C=O) groups is 1. The molecule has 1 aliphatic rings. The lowest BCUT2D eigenvalue weighted by atomic mass is 10.1. The number of thioether (sulfide) groups is 1. The monoisotopic (exact) mass is 286 g/mol. The molecule has 1 N–H and O–H groups in total. The van der Waals surface area contributed by atoms with Crippen molar-refractivity contribution in [2.24, 2.45) is 0 Å². The molecule has 0 aromatic carbocycles. The minimum absolute atomic E-state index is 0.0582. The van der Waals surface area contributed by atoms with Gasteiger partial charge in [-0.1, -0.05) is 33.6 Å². The van der Waals surface area contributed by atoms with Crippen molar-refractivity contribution in [1.29, 1.82) is 0 Å². The van der Waals surface area contributed by atoms with Crippen LogP contribution in [0.2, 0.25) is 0 Å². The molecule has 3 atom stereocenters. The molecule has 0 bridgehead atoms. The SMILES string of the molecule is CCCC1NC(CCC)N(C(C)CCSCC)C1=O. The normalized spacial score (nSPS) is 25.1. The second-order valence-electron chi connectivity index (χ2n) is 5.39. The van der Waals surface area contributed by atoms with Gasteiger partial charge < -0.3 is 4.90 Å². The standard InChI is InChI=1S/C15H30N2OS/c1-5-8-13-15(18)17(14(16-13)9-6-2)12(4)10-11-19-7-3/h12-14,16H,5-11H2,1-4H3. The van der Waals surface area contributed by atoms with Gasteiger partial charge in [0.2, 0.25) is 5.91 Å². The highest BCUT2D eigenvalue weighted by molar-refractivity contribution is 7.99. The molecule has 1 amide bonds. The summed E-state index contributed by atoms with van der Waals surface area (Å²) in [6.45, 7) is 8.73. The summed E-state index contributed by atoms with van der Waals surface area (Å²) in [5.74, 6) is 2.64. The summed E-state index contributed by atoms with van der Waals surface area (Å²) in [7, 11) is 0. The van der Waals surface area contributed by atoms with E-state index >= 15 is 0 Å². The van der Waals surface area contributed by atoms with Crippen molar-refractivity contribution >= 4 is 17.7 Å². The summed E-state index contributed by atoms with van der Waals surface area (Å²) < 4.78 is 0. The van der Waals surface area contributed by atoms with E-state index in [2.05, 4.69) is 37.9 Å². The zero-order valence-electron chi connectivity index (χ0n) is 12.9. The summed E-state index contributed by atoms with van der Waals surface area (Å²) in [6, 6.07) is 0.417. The Hall–Kier alpha value is -0.220. The van der Waals surface area contributed by atoms with E-state index in [0.717, 1.165) is 43.6 Å². The first-order valence-electron chi connectivity index (χ1n) is 7.81. The first-order chi connectivity index (χ1) is 9.15. The lowest BCUT2D eigenvalue weighted by Gasteiger charge is -2.30. The highest BCUT2D eigenvalue weighted by atomic mass is 32.2. The van der Waals surface area contributed by atoms with Crippen molar-refractivity contribution in [3.05, 3.63) is 0 Å². The van der Waals surface area contributed by atoms with Crippen LogP contribution in [-0.2, 0) is 4.79 Å². The molecule has 0 radical (unpaired) electrons. The van der Waals surface area contributed by atoms with Gasteiger partial charge in [0.05, 0.1) is 12.2 Å². The molecule has 1 saturated heterocycles. The van der Waals surface area contributed by atoms with Gasteiger partial charge in [0.15, 0.2) is 0 Å². The molecule has 1 heterocycles. The highest BCUT2D eigenvalue weighted by Gasteiger charge is 2.39. The van der Waals surface area contributed by atoms with E-state index in [4.69, 9.17) is 0 Å². The van der Waals surface area contributed by atoms with Crippen molar-refractivity contribution in [2.45, 2.75) is 78.0 Å². The Kier molecular flexibility index (Phi) is 7.84. The topological polar surface area (TPSA) is 32.3 Å². The van der Waals surface area contributed by atoms with Crippen LogP contribution >= 0.6 is 11.8 Å². The van der Waals surface area contributed by atoms with Crippen LogP contribution in [0.25, 0.3) is 0 Å². The van der Waals surface area contributed by atoms with Gasteiger partial charge in [-0.2, -0.15) is 11.8 Å². The molecule has 1 rings (SSSR count).